The molecule has 0 bridgehead atoms. The lowest BCUT2D eigenvalue weighted by Gasteiger charge is -2.03. The normalized spacial score (nSPS) is 11.1. The van der Waals surface area contributed by atoms with Crippen LogP contribution in [0.15, 0.2) is 23.7 Å². The summed E-state index contributed by atoms with van der Waals surface area (Å²) in [5.74, 6) is 1.01. The molecule has 1 aromatic heterocycles. The fourth-order valence-corrected chi connectivity index (χ4v) is 1.71. The highest BCUT2D eigenvalue weighted by atomic mass is 15.1. The van der Waals surface area contributed by atoms with Gasteiger partial charge in [-0.25, -0.2) is 4.99 Å². The highest BCUT2D eigenvalue weighted by Gasteiger charge is 2.07. The van der Waals surface area contributed by atoms with Gasteiger partial charge in [0, 0.05) is 19.0 Å². The van der Waals surface area contributed by atoms with E-state index in [1.165, 1.54) is 11.3 Å². The maximum Gasteiger partial charge on any atom is 0.132 e. The Hall–Kier alpha value is -1.31. The van der Waals surface area contributed by atoms with E-state index in [1.54, 1.807) is 12.3 Å². The van der Waals surface area contributed by atoms with Gasteiger partial charge in [0.1, 0.15) is 5.82 Å². The highest BCUT2D eigenvalue weighted by Crippen LogP contribution is 2.22. The lowest BCUT2D eigenvalue weighted by molar-refractivity contribution is 0.825. The van der Waals surface area contributed by atoms with Crippen molar-refractivity contribution in [2.45, 2.75) is 26.7 Å². The first-order chi connectivity index (χ1) is 6.74. The molecule has 2 nitrogen and oxygen atoms in total. The van der Waals surface area contributed by atoms with E-state index in [1.807, 2.05) is 0 Å². The molecule has 0 fully saturated rings. The third-order valence-electron chi connectivity index (χ3n) is 2.45. The van der Waals surface area contributed by atoms with Crippen molar-refractivity contribution in [3.8, 4) is 0 Å². The van der Waals surface area contributed by atoms with Crippen molar-refractivity contribution in [3.63, 3.8) is 0 Å². The second kappa shape index (κ2) is 4.80. The van der Waals surface area contributed by atoms with Crippen molar-refractivity contribution in [2.75, 3.05) is 0 Å². The fourth-order valence-electron chi connectivity index (χ4n) is 1.71. The quantitative estimate of drug-likeness (QED) is 0.649. The Morgan fingerprint density at radius 3 is 2.57 bits per heavy atom. The third kappa shape index (κ3) is 1.95. The van der Waals surface area contributed by atoms with Crippen LogP contribution in [0.3, 0.4) is 0 Å². The number of aliphatic imine (C=N–C) groups is 1. The molecule has 0 amide bonds. The molecule has 1 rings (SSSR count). The highest BCUT2D eigenvalue weighted by molar-refractivity contribution is 5.73. The SMILES string of the molecule is C=C/C=N\c1cc(CC)c(CC)n1C. The fraction of sp³-hybridized carbons (Fsp3) is 0.417. The van der Waals surface area contributed by atoms with Crippen LogP contribution in [0.4, 0.5) is 5.82 Å². The number of hydrogen-bond donors (Lipinski definition) is 0. The molecule has 0 radical (unpaired) electrons. The van der Waals surface area contributed by atoms with Gasteiger partial charge in [-0.15, -0.1) is 0 Å². The molecule has 76 valence electrons. The predicted octanol–water partition coefficient (Wildman–Crippen LogP) is 3.04. The Balaban J connectivity index is 3.13. The van der Waals surface area contributed by atoms with E-state index in [9.17, 15) is 0 Å². The van der Waals surface area contributed by atoms with E-state index in [0.29, 0.717) is 0 Å². The molecule has 0 spiro atoms. The number of aromatic nitrogens is 1. The smallest absolute Gasteiger partial charge is 0.132 e. The third-order valence-corrected chi connectivity index (χ3v) is 2.45. The molecule has 0 aliphatic rings. The molecule has 1 heterocycles. The number of rotatable bonds is 4. The maximum atomic E-state index is 4.32. The summed E-state index contributed by atoms with van der Waals surface area (Å²) in [6.07, 6.45) is 5.56. The van der Waals surface area contributed by atoms with Crippen LogP contribution in [0.5, 0.6) is 0 Å². The van der Waals surface area contributed by atoms with Crippen LogP contribution in [-0.4, -0.2) is 10.8 Å². The summed E-state index contributed by atoms with van der Waals surface area (Å²) in [4.78, 5) is 4.32. The molecular formula is C12H18N2. The van der Waals surface area contributed by atoms with Crippen molar-refractivity contribution >= 4 is 12.0 Å². The van der Waals surface area contributed by atoms with Crippen molar-refractivity contribution in [1.29, 1.82) is 0 Å². The first-order valence-corrected chi connectivity index (χ1v) is 5.07. The average Bonchev–Trinajstić information content (AvgIpc) is 2.51. The Bertz CT molecular complexity index is 345. The molecule has 2 heteroatoms. The average molecular weight is 190 g/mol. The summed E-state index contributed by atoms with van der Waals surface area (Å²) in [6, 6.07) is 2.15. The Kier molecular flexibility index (Phi) is 3.69. The van der Waals surface area contributed by atoms with Gasteiger partial charge in [0.15, 0.2) is 0 Å². The summed E-state index contributed by atoms with van der Waals surface area (Å²) >= 11 is 0. The van der Waals surface area contributed by atoms with Crippen LogP contribution in [0, 0.1) is 0 Å². The molecule has 0 aliphatic carbocycles. The van der Waals surface area contributed by atoms with E-state index >= 15 is 0 Å². The standard InChI is InChI=1S/C12H18N2/c1-5-8-13-12-9-10(6-2)11(7-3)14(12)4/h5,8-9H,1,6-7H2,2-4H3/b13-8-. The van der Waals surface area contributed by atoms with E-state index in [-0.39, 0.29) is 0 Å². The van der Waals surface area contributed by atoms with Crippen molar-refractivity contribution in [3.05, 3.63) is 30.0 Å². The van der Waals surface area contributed by atoms with Gasteiger partial charge in [0.25, 0.3) is 0 Å². The molecule has 0 aliphatic heterocycles. The Morgan fingerprint density at radius 2 is 2.14 bits per heavy atom. The van der Waals surface area contributed by atoms with Crippen molar-refractivity contribution < 1.29 is 0 Å². The summed E-state index contributed by atoms with van der Waals surface area (Å²) < 4.78 is 2.15. The topological polar surface area (TPSA) is 17.3 Å². The van der Waals surface area contributed by atoms with Crippen LogP contribution in [0.2, 0.25) is 0 Å². The summed E-state index contributed by atoms with van der Waals surface area (Å²) in [5.41, 5.74) is 2.77. The van der Waals surface area contributed by atoms with E-state index in [4.69, 9.17) is 0 Å². The van der Waals surface area contributed by atoms with Crippen LogP contribution < -0.4 is 0 Å². The first-order valence-electron chi connectivity index (χ1n) is 5.07. The molecule has 0 saturated carbocycles. The van der Waals surface area contributed by atoms with Gasteiger partial charge in [-0.2, -0.15) is 0 Å². The van der Waals surface area contributed by atoms with Gasteiger partial charge in [0.2, 0.25) is 0 Å². The monoisotopic (exact) mass is 190 g/mol. The molecule has 0 saturated heterocycles. The van der Waals surface area contributed by atoms with Gasteiger partial charge in [0.05, 0.1) is 0 Å². The van der Waals surface area contributed by atoms with Gasteiger partial charge >= 0.3 is 0 Å². The largest absolute Gasteiger partial charge is 0.333 e. The van der Waals surface area contributed by atoms with Gasteiger partial charge < -0.3 is 4.57 Å². The number of allylic oxidation sites excluding steroid dienone is 1. The summed E-state index contributed by atoms with van der Waals surface area (Å²) in [5, 5.41) is 0. The minimum absolute atomic E-state index is 1.01. The molecule has 0 aromatic carbocycles. The Morgan fingerprint density at radius 1 is 1.43 bits per heavy atom. The van der Waals surface area contributed by atoms with Crippen LogP contribution >= 0.6 is 0 Å². The molecule has 0 N–H and O–H groups in total. The number of hydrogen-bond acceptors (Lipinski definition) is 1. The van der Waals surface area contributed by atoms with Crippen LogP contribution in [-0.2, 0) is 19.9 Å². The minimum atomic E-state index is 1.01. The molecule has 0 atom stereocenters. The van der Waals surface area contributed by atoms with Crippen LogP contribution in [0.1, 0.15) is 25.1 Å². The maximum absolute atomic E-state index is 4.32. The van der Waals surface area contributed by atoms with E-state index in [2.05, 4.69) is 43.1 Å². The lowest BCUT2D eigenvalue weighted by Crippen LogP contribution is -1.96. The van der Waals surface area contributed by atoms with E-state index in [0.717, 1.165) is 18.7 Å². The predicted molar refractivity (Wildman–Crippen MR) is 62.5 cm³/mol. The summed E-state index contributed by atoms with van der Waals surface area (Å²) in [7, 11) is 2.06. The zero-order valence-electron chi connectivity index (χ0n) is 9.25. The van der Waals surface area contributed by atoms with E-state index < -0.39 is 0 Å². The molecule has 1 aromatic rings. The van der Waals surface area contributed by atoms with Gasteiger partial charge in [-0.1, -0.05) is 26.5 Å². The van der Waals surface area contributed by atoms with Gasteiger partial charge in [-0.3, -0.25) is 0 Å². The summed E-state index contributed by atoms with van der Waals surface area (Å²) in [6.45, 7) is 7.97. The van der Waals surface area contributed by atoms with Crippen molar-refractivity contribution in [1.82, 2.24) is 4.57 Å². The van der Waals surface area contributed by atoms with Gasteiger partial charge in [-0.05, 0) is 24.5 Å². The first kappa shape index (κ1) is 10.8. The number of aryl methyl sites for hydroxylation is 1. The molecular weight excluding hydrogens is 172 g/mol. The zero-order chi connectivity index (χ0) is 10.6. The molecule has 0 unspecified atom stereocenters. The zero-order valence-corrected chi connectivity index (χ0v) is 9.25. The number of nitrogens with zero attached hydrogens (tertiary/aromatic N) is 2. The van der Waals surface area contributed by atoms with Crippen molar-refractivity contribution in [2.24, 2.45) is 12.0 Å². The minimum Gasteiger partial charge on any atom is -0.333 e. The van der Waals surface area contributed by atoms with Crippen LogP contribution in [0.25, 0.3) is 0 Å². The molecule has 14 heavy (non-hydrogen) atoms. The second-order valence-corrected chi connectivity index (χ2v) is 3.25. The Labute approximate surface area is 86.0 Å². The second-order valence-electron chi connectivity index (χ2n) is 3.25. The lowest BCUT2D eigenvalue weighted by atomic mass is 10.1.